The fourth-order valence-electron chi connectivity index (χ4n) is 2.87. The van der Waals surface area contributed by atoms with Gasteiger partial charge in [-0.3, -0.25) is 0 Å². The Bertz CT molecular complexity index is 894. The molecular formula is C24H25NO4. The van der Waals surface area contributed by atoms with Crippen LogP contribution < -0.4 is 10.1 Å². The number of rotatable bonds is 10. The highest BCUT2D eigenvalue weighted by Gasteiger charge is 2.02. The Hall–Kier alpha value is -3.31. The fourth-order valence-corrected chi connectivity index (χ4v) is 2.87. The summed E-state index contributed by atoms with van der Waals surface area (Å²) in [4.78, 5) is 10.6. The van der Waals surface area contributed by atoms with E-state index in [4.69, 9.17) is 14.6 Å². The Kier molecular flexibility index (Phi) is 7.66. The maximum Gasteiger partial charge on any atom is 0.404 e. The van der Waals surface area contributed by atoms with Gasteiger partial charge in [-0.25, -0.2) is 4.79 Å². The molecule has 0 spiro atoms. The van der Waals surface area contributed by atoms with Crippen LogP contribution in [0.25, 0.3) is 11.1 Å². The van der Waals surface area contributed by atoms with Crippen LogP contribution in [0.4, 0.5) is 4.79 Å². The van der Waals surface area contributed by atoms with E-state index in [9.17, 15) is 4.79 Å². The third-order valence-electron chi connectivity index (χ3n) is 4.38. The van der Waals surface area contributed by atoms with Crippen molar-refractivity contribution in [2.45, 2.75) is 19.6 Å². The second-order valence-electron chi connectivity index (χ2n) is 6.62. The second-order valence-corrected chi connectivity index (χ2v) is 6.62. The number of ether oxygens (including phenoxy) is 2. The van der Waals surface area contributed by atoms with Gasteiger partial charge in [0.2, 0.25) is 0 Å². The van der Waals surface area contributed by atoms with Gasteiger partial charge in [0.25, 0.3) is 0 Å². The molecule has 0 aliphatic rings. The molecule has 1 amide bonds. The summed E-state index contributed by atoms with van der Waals surface area (Å²) in [6, 6.07) is 25.9. The highest BCUT2D eigenvalue weighted by atomic mass is 16.5. The van der Waals surface area contributed by atoms with E-state index in [1.807, 2.05) is 66.7 Å². The first kappa shape index (κ1) is 20.4. The van der Waals surface area contributed by atoms with Crippen LogP contribution in [-0.2, 0) is 17.9 Å². The highest BCUT2D eigenvalue weighted by Crippen LogP contribution is 2.24. The minimum Gasteiger partial charge on any atom is -0.493 e. The molecule has 5 heteroatoms. The van der Waals surface area contributed by atoms with E-state index in [0.717, 1.165) is 28.9 Å². The molecular weight excluding hydrogens is 366 g/mol. The molecule has 3 aromatic carbocycles. The molecule has 0 radical (unpaired) electrons. The maximum absolute atomic E-state index is 10.6. The Morgan fingerprint density at radius 1 is 0.828 bits per heavy atom. The molecule has 0 aromatic heterocycles. The quantitative estimate of drug-likeness (QED) is 0.472. The van der Waals surface area contributed by atoms with Crippen molar-refractivity contribution in [2.24, 2.45) is 0 Å². The average molecular weight is 391 g/mol. The van der Waals surface area contributed by atoms with E-state index in [-0.39, 0.29) is 0 Å². The standard InChI is InChI=1S/C24H25NO4/c26-24(27)25-17-19-10-12-21(13-11-19)22-8-4-9-23(16-22)29-15-5-14-28-18-20-6-2-1-3-7-20/h1-4,6-13,16,25H,5,14-15,17-18H2,(H,26,27). The molecule has 29 heavy (non-hydrogen) atoms. The van der Waals surface area contributed by atoms with E-state index in [1.165, 1.54) is 5.56 Å². The Balaban J connectivity index is 1.43. The number of hydrogen-bond donors (Lipinski definition) is 2. The zero-order valence-corrected chi connectivity index (χ0v) is 16.2. The molecule has 0 unspecified atom stereocenters. The van der Waals surface area contributed by atoms with Gasteiger partial charge in [0.05, 0.1) is 19.8 Å². The second kappa shape index (κ2) is 10.9. The van der Waals surface area contributed by atoms with Crippen molar-refractivity contribution < 1.29 is 19.4 Å². The number of carboxylic acid groups (broad SMARTS) is 1. The van der Waals surface area contributed by atoms with Gasteiger partial charge in [-0.2, -0.15) is 0 Å². The van der Waals surface area contributed by atoms with Crippen molar-refractivity contribution in [3.63, 3.8) is 0 Å². The largest absolute Gasteiger partial charge is 0.493 e. The third-order valence-corrected chi connectivity index (χ3v) is 4.38. The minimum absolute atomic E-state index is 0.297. The molecule has 0 aliphatic heterocycles. The van der Waals surface area contributed by atoms with Gasteiger partial charge in [0, 0.05) is 13.0 Å². The number of hydrogen-bond acceptors (Lipinski definition) is 3. The highest BCUT2D eigenvalue weighted by molar-refractivity contribution is 5.66. The third kappa shape index (κ3) is 6.97. The summed E-state index contributed by atoms with van der Waals surface area (Å²) in [6.07, 6.45) is -0.202. The lowest BCUT2D eigenvalue weighted by molar-refractivity contribution is 0.107. The lowest BCUT2D eigenvalue weighted by atomic mass is 10.0. The zero-order valence-electron chi connectivity index (χ0n) is 16.2. The van der Waals surface area contributed by atoms with Gasteiger partial charge < -0.3 is 19.9 Å². The van der Waals surface area contributed by atoms with Crippen molar-refractivity contribution >= 4 is 6.09 Å². The van der Waals surface area contributed by atoms with Gasteiger partial charge in [0.15, 0.2) is 0 Å². The molecule has 0 aliphatic carbocycles. The summed E-state index contributed by atoms with van der Waals surface area (Å²) in [5.74, 6) is 0.821. The van der Waals surface area contributed by atoms with E-state index in [0.29, 0.717) is 26.4 Å². The molecule has 3 rings (SSSR count). The first-order chi connectivity index (χ1) is 14.2. The summed E-state index contributed by atoms with van der Waals surface area (Å²) in [7, 11) is 0. The van der Waals surface area contributed by atoms with Gasteiger partial charge in [-0.15, -0.1) is 0 Å². The molecule has 0 fully saturated rings. The Morgan fingerprint density at radius 3 is 2.38 bits per heavy atom. The van der Waals surface area contributed by atoms with Gasteiger partial charge >= 0.3 is 6.09 Å². The van der Waals surface area contributed by atoms with Crippen LogP contribution in [0.3, 0.4) is 0 Å². The van der Waals surface area contributed by atoms with E-state index < -0.39 is 6.09 Å². The van der Waals surface area contributed by atoms with Crippen molar-refractivity contribution in [1.29, 1.82) is 0 Å². The lowest BCUT2D eigenvalue weighted by Crippen LogP contribution is -2.19. The van der Waals surface area contributed by atoms with Crippen LogP contribution >= 0.6 is 0 Å². The van der Waals surface area contributed by atoms with Crippen molar-refractivity contribution in [1.82, 2.24) is 5.32 Å². The van der Waals surface area contributed by atoms with Crippen molar-refractivity contribution in [3.8, 4) is 16.9 Å². The van der Waals surface area contributed by atoms with Crippen LogP contribution in [0, 0.1) is 0 Å². The van der Waals surface area contributed by atoms with Crippen LogP contribution in [0.5, 0.6) is 5.75 Å². The molecule has 2 N–H and O–H groups in total. The number of amides is 1. The monoisotopic (exact) mass is 391 g/mol. The Morgan fingerprint density at radius 2 is 1.62 bits per heavy atom. The van der Waals surface area contributed by atoms with E-state index in [2.05, 4.69) is 17.4 Å². The molecule has 0 heterocycles. The molecule has 5 nitrogen and oxygen atoms in total. The minimum atomic E-state index is -1.02. The average Bonchev–Trinajstić information content (AvgIpc) is 2.76. The predicted molar refractivity (Wildman–Crippen MR) is 113 cm³/mol. The van der Waals surface area contributed by atoms with Crippen LogP contribution in [-0.4, -0.2) is 24.4 Å². The summed E-state index contributed by atoms with van der Waals surface area (Å²) in [5.41, 5.74) is 4.20. The molecule has 0 bridgehead atoms. The first-order valence-corrected chi connectivity index (χ1v) is 9.61. The Labute approximate surface area is 170 Å². The van der Waals surface area contributed by atoms with E-state index >= 15 is 0 Å². The lowest BCUT2D eigenvalue weighted by Gasteiger charge is -2.09. The number of nitrogens with one attached hydrogen (secondary N) is 1. The number of benzene rings is 3. The summed E-state index contributed by atoms with van der Waals surface area (Å²) in [5, 5.41) is 11.0. The van der Waals surface area contributed by atoms with Gasteiger partial charge in [0.1, 0.15) is 5.75 Å². The molecule has 150 valence electrons. The normalized spacial score (nSPS) is 10.5. The summed E-state index contributed by atoms with van der Waals surface area (Å²) < 4.78 is 11.5. The predicted octanol–water partition coefficient (Wildman–Crippen LogP) is 5.11. The molecule has 0 saturated heterocycles. The summed E-state index contributed by atoms with van der Waals surface area (Å²) in [6.45, 7) is 2.16. The van der Waals surface area contributed by atoms with Crippen LogP contribution in [0.2, 0.25) is 0 Å². The van der Waals surface area contributed by atoms with Crippen molar-refractivity contribution in [2.75, 3.05) is 13.2 Å². The van der Waals surface area contributed by atoms with Crippen molar-refractivity contribution in [3.05, 3.63) is 90.0 Å². The maximum atomic E-state index is 10.6. The zero-order chi connectivity index (χ0) is 20.3. The SMILES string of the molecule is O=C(O)NCc1ccc(-c2cccc(OCCCOCc3ccccc3)c2)cc1. The molecule has 3 aromatic rings. The van der Waals surface area contributed by atoms with E-state index in [1.54, 1.807) is 0 Å². The molecule has 0 saturated carbocycles. The molecule has 0 atom stereocenters. The fraction of sp³-hybridized carbons (Fsp3) is 0.208. The summed E-state index contributed by atoms with van der Waals surface area (Å²) >= 11 is 0. The van der Waals surface area contributed by atoms with Crippen LogP contribution in [0.1, 0.15) is 17.5 Å². The number of carbonyl (C=O) groups is 1. The van der Waals surface area contributed by atoms with Gasteiger partial charge in [-0.1, -0.05) is 66.7 Å². The van der Waals surface area contributed by atoms with Gasteiger partial charge in [-0.05, 0) is 34.4 Å². The topological polar surface area (TPSA) is 67.8 Å². The smallest absolute Gasteiger partial charge is 0.404 e. The van der Waals surface area contributed by atoms with Crippen LogP contribution in [0.15, 0.2) is 78.9 Å². The first-order valence-electron chi connectivity index (χ1n) is 9.61.